The van der Waals surface area contributed by atoms with Crippen LogP contribution in [0.2, 0.25) is 0 Å². The summed E-state index contributed by atoms with van der Waals surface area (Å²) < 4.78 is 5.50. The topological polar surface area (TPSA) is 38.3 Å². The Morgan fingerprint density at radius 1 is 0.958 bits per heavy atom. The molecule has 0 heterocycles. The van der Waals surface area contributed by atoms with E-state index >= 15 is 0 Å². The van der Waals surface area contributed by atoms with Crippen molar-refractivity contribution >= 4 is 5.97 Å². The summed E-state index contributed by atoms with van der Waals surface area (Å²) in [7, 11) is 0. The van der Waals surface area contributed by atoms with Gasteiger partial charge in [0.25, 0.3) is 0 Å². The molecule has 1 N–H and O–H groups in total. The molecule has 0 amide bonds. The molecule has 0 aromatic heterocycles. The van der Waals surface area contributed by atoms with E-state index in [1.54, 1.807) is 0 Å². The van der Waals surface area contributed by atoms with Gasteiger partial charge in [0.2, 0.25) is 0 Å². The molecule has 0 fully saturated rings. The van der Waals surface area contributed by atoms with Gasteiger partial charge in [0.05, 0.1) is 6.42 Å². The maximum atomic E-state index is 12.3. The van der Waals surface area contributed by atoms with Crippen molar-refractivity contribution in [3.63, 3.8) is 0 Å². The van der Waals surface area contributed by atoms with Crippen molar-refractivity contribution < 1.29 is 9.53 Å². The predicted molar refractivity (Wildman–Crippen MR) is 97.6 cm³/mol. The fraction of sp³-hybridized carbons (Fsp3) is 0.381. The molecule has 0 aliphatic heterocycles. The maximum absolute atomic E-state index is 12.3. The number of carbonyl (C=O) groups excluding carboxylic acids is 1. The molecular weight excluding hydrogens is 298 g/mol. The second-order valence-electron chi connectivity index (χ2n) is 7.05. The van der Waals surface area contributed by atoms with Crippen LogP contribution in [-0.4, -0.2) is 11.6 Å². The van der Waals surface area contributed by atoms with Crippen molar-refractivity contribution in [3.05, 3.63) is 71.8 Å². The summed E-state index contributed by atoms with van der Waals surface area (Å²) in [4.78, 5) is 12.3. The Labute approximate surface area is 145 Å². The van der Waals surface area contributed by atoms with Gasteiger partial charge in [-0.1, -0.05) is 60.7 Å². The van der Waals surface area contributed by atoms with Gasteiger partial charge in [-0.3, -0.25) is 4.79 Å². The number of benzene rings is 2. The molecule has 0 aliphatic carbocycles. The number of carbonyl (C=O) groups is 1. The highest BCUT2D eigenvalue weighted by atomic mass is 16.6. The van der Waals surface area contributed by atoms with Crippen LogP contribution in [0.15, 0.2) is 60.7 Å². The van der Waals surface area contributed by atoms with Gasteiger partial charge in [-0.15, -0.1) is 0 Å². The molecule has 128 valence electrons. The molecule has 3 nitrogen and oxygen atoms in total. The van der Waals surface area contributed by atoms with Gasteiger partial charge in [-0.25, -0.2) is 0 Å². The predicted octanol–water partition coefficient (Wildman–Crippen LogP) is 4.81. The van der Waals surface area contributed by atoms with Crippen LogP contribution in [0.25, 0.3) is 0 Å². The standard InChI is InChI=1S/C21H27NO2/c1-16(17-11-7-5-8-12-17)22-19(18-13-9-6-10-14-18)15-20(23)24-21(2,3)4/h5-14,16,19,22H,15H2,1-4H3/t16-,19+/m1/s1. The fourth-order valence-electron chi connectivity index (χ4n) is 2.65. The molecule has 2 atom stereocenters. The van der Waals surface area contributed by atoms with E-state index in [2.05, 4.69) is 24.4 Å². The zero-order chi connectivity index (χ0) is 17.6. The summed E-state index contributed by atoms with van der Waals surface area (Å²) in [6.45, 7) is 7.79. The number of hydrogen-bond donors (Lipinski definition) is 1. The van der Waals surface area contributed by atoms with Gasteiger partial charge in [-0.05, 0) is 38.8 Å². The van der Waals surface area contributed by atoms with E-state index in [4.69, 9.17) is 4.74 Å². The molecule has 0 spiro atoms. The molecule has 2 aromatic rings. The molecule has 0 saturated carbocycles. The van der Waals surface area contributed by atoms with Gasteiger partial charge in [0.1, 0.15) is 5.60 Å². The quantitative estimate of drug-likeness (QED) is 0.775. The first-order valence-corrected chi connectivity index (χ1v) is 8.43. The Morgan fingerprint density at radius 3 is 1.96 bits per heavy atom. The minimum atomic E-state index is -0.469. The van der Waals surface area contributed by atoms with Gasteiger partial charge in [0, 0.05) is 12.1 Å². The Hall–Kier alpha value is -2.13. The highest BCUT2D eigenvalue weighted by Gasteiger charge is 2.23. The Balaban J connectivity index is 2.13. The lowest BCUT2D eigenvalue weighted by atomic mass is 10.0. The fourth-order valence-corrected chi connectivity index (χ4v) is 2.65. The number of hydrogen-bond acceptors (Lipinski definition) is 3. The minimum Gasteiger partial charge on any atom is -0.460 e. The molecule has 2 rings (SSSR count). The van der Waals surface area contributed by atoms with E-state index in [1.165, 1.54) is 5.56 Å². The lowest BCUT2D eigenvalue weighted by molar-refractivity contribution is -0.155. The average molecular weight is 325 g/mol. The second kappa shape index (κ2) is 8.11. The van der Waals surface area contributed by atoms with Crippen LogP contribution in [0.4, 0.5) is 0 Å². The van der Waals surface area contributed by atoms with E-state index in [-0.39, 0.29) is 18.1 Å². The van der Waals surface area contributed by atoms with Crippen molar-refractivity contribution in [2.24, 2.45) is 0 Å². The van der Waals surface area contributed by atoms with Crippen LogP contribution in [-0.2, 0) is 9.53 Å². The van der Waals surface area contributed by atoms with Gasteiger partial charge in [0.15, 0.2) is 0 Å². The zero-order valence-electron chi connectivity index (χ0n) is 15.0. The largest absolute Gasteiger partial charge is 0.460 e. The van der Waals surface area contributed by atoms with E-state index in [1.807, 2.05) is 69.3 Å². The maximum Gasteiger partial charge on any atom is 0.308 e. The summed E-state index contributed by atoms with van der Waals surface area (Å²) in [6, 6.07) is 20.3. The van der Waals surface area contributed by atoms with Crippen molar-refractivity contribution in [2.75, 3.05) is 0 Å². The van der Waals surface area contributed by atoms with Crippen molar-refractivity contribution in [1.82, 2.24) is 5.32 Å². The summed E-state index contributed by atoms with van der Waals surface area (Å²) in [6.07, 6.45) is 0.304. The smallest absolute Gasteiger partial charge is 0.308 e. The average Bonchev–Trinajstić information content (AvgIpc) is 2.54. The van der Waals surface area contributed by atoms with E-state index in [9.17, 15) is 4.79 Å². The third-order valence-corrected chi connectivity index (χ3v) is 3.74. The molecule has 0 bridgehead atoms. The Kier molecular flexibility index (Phi) is 6.16. The first-order chi connectivity index (χ1) is 11.3. The SMILES string of the molecule is C[C@@H](N[C@@H](CC(=O)OC(C)(C)C)c1ccccc1)c1ccccc1. The van der Waals surface area contributed by atoms with Gasteiger partial charge >= 0.3 is 5.97 Å². The van der Waals surface area contributed by atoms with Crippen molar-refractivity contribution in [1.29, 1.82) is 0 Å². The molecule has 0 radical (unpaired) electrons. The van der Waals surface area contributed by atoms with Crippen molar-refractivity contribution in [3.8, 4) is 0 Å². The Morgan fingerprint density at radius 2 is 1.46 bits per heavy atom. The molecule has 24 heavy (non-hydrogen) atoms. The third-order valence-electron chi connectivity index (χ3n) is 3.74. The molecule has 0 aliphatic rings. The highest BCUT2D eigenvalue weighted by molar-refractivity contribution is 5.71. The summed E-state index contributed by atoms with van der Waals surface area (Å²) in [5.41, 5.74) is 1.82. The van der Waals surface area contributed by atoms with Gasteiger partial charge < -0.3 is 10.1 Å². The monoisotopic (exact) mass is 325 g/mol. The highest BCUT2D eigenvalue weighted by Crippen LogP contribution is 2.23. The number of rotatable bonds is 6. The number of ether oxygens (including phenoxy) is 1. The van der Waals surface area contributed by atoms with E-state index in [0.29, 0.717) is 6.42 Å². The summed E-state index contributed by atoms with van der Waals surface area (Å²) in [5.74, 6) is -0.191. The van der Waals surface area contributed by atoms with Gasteiger partial charge in [-0.2, -0.15) is 0 Å². The summed E-state index contributed by atoms with van der Waals surface area (Å²) >= 11 is 0. The molecule has 3 heteroatoms. The zero-order valence-corrected chi connectivity index (χ0v) is 15.0. The van der Waals surface area contributed by atoms with Crippen LogP contribution >= 0.6 is 0 Å². The summed E-state index contributed by atoms with van der Waals surface area (Å²) in [5, 5.41) is 3.57. The minimum absolute atomic E-state index is 0.0868. The third kappa shape index (κ3) is 5.82. The normalized spacial score (nSPS) is 14.0. The van der Waals surface area contributed by atoms with Crippen molar-refractivity contribution in [2.45, 2.75) is 51.8 Å². The van der Waals surface area contributed by atoms with Crippen LogP contribution in [0, 0.1) is 0 Å². The first-order valence-electron chi connectivity index (χ1n) is 8.43. The number of esters is 1. The van der Waals surface area contributed by atoms with Crippen LogP contribution in [0.3, 0.4) is 0 Å². The van der Waals surface area contributed by atoms with Crippen LogP contribution in [0.1, 0.15) is 57.3 Å². The Bertz CT molecular complexity index is 632. The first kappa shape index (κ1) is 18.2. The molecule has 2 aromatic carbocycles. The molecule has 0 saturated heterocycles. The van der Waals surface area contributed by atoms with Crippen LogP contribution < -0.4 is 5.32 Å². The molecule has 0 unspecified atom stereocenters. The van der Waals surface area contributed by atoms with E-state index < -0.39 is 5.60 Å². The lowest BCUT2D eigenvalue weighted by Crippen LogP contribution is -2.30. The molecular formula is C21H27NO2. The van der Waals surface area contributed by atoms with E-state index in [0.717, 1.165) is 5.56 Å². The second-order valence-corrected chi connectivity index (χ2v) is 7.05. The lowest BCUT2D eigenvalue weighted by Gasteiger charge is -2.26. The number of nitrogens with one attached hydrogen (secondary N) is 1. The van der Waals surface area contributed by atoms with Crippen LogP contribution in [0.5, 0.6) is 0 Å².